The van der Waals surface area contributed by atoms with Gasteiger partial charge in [-0.25, -0.2) is 0 Å². The number of benzene rings is 1. The van der Waals surface area contributed by atoms with E-state index in [9.17, 15) is 9.59 Å². The molecule has 6 atom stereocenters. The number of nitrogens with one attached hydrogen (secondary N) is 1. The molecular formula is C18H17ClN2O2. The first-order chi connectivity index (χ1) is 11.1. The van der Waals surface area contributed by atoms with Crippen molar-refractivity contribution in [2.75, 3.05) is 12.0 Å². The Bertz CT molecular complexity index is 710. The Labute approximate surface area is 139 Å². The van der Waals surface area contributed by atoms with E-state index in [-0.39, 0.29) is 42.2 Å². The fourth-order valence-electron chi connectivity index (χ4n) is 4.94. The summed E-state index contributed by atoms with van der Waals surface area (Å²) in [6.45, 7) is 0.222. The standard InChI is InChI=1S/C18H17ClN2O2/c19-9-2-1-3-10(6-9)20-8-21-17(22)15-11-4-5-12(14-7-13(11)14)16(15)18(21)23/h1-6,11-16,20H,7-8H2/t11-,12-,13-,14+,15+,16+/m0/s1. The molecular weight excluding hydrogens is 312 g/mol. The van der Waals surface area contributed by atoms with E-state index in [1.807, 2.05) is 12.1 Å². The molecule has 118 valence electrons. The summed E-state index contributed by atoms with van der Waals surface area (Å²) in [7, 11) is 0. The molecule has 2 bridgehead atoms. The minimum Gasteiger partial charge on any atom is -0.367 e. The van der Waals surface area contributed by atoms with Gasteiger partial charge in [0.25, 0.3) is 0 Å². The number of carbonyl (C=O) groups is 2. The molecule has 5 aliphatic rings. The average Bonchev–Trinajstić information content (AvgIpc) is 3.32. The zero-order chi connectivity index (χ0) is 15.7. The number of likely N-dealkylation sites (tertiary alicyclic amines) is 1. The second kappa shape index (κ2) is 4.60. The molecule has 0 aromatic heterocycles. The van der Waals surface area contributed by atoms with Gasteiger partial charge in [-0.05, 0) is 48.3 Å². The number of hydrogen-bond donors (Lipinski definition) is 1. The summed E-state index contributed by atoms with van der Waals surface area (Å²) in [5.41, 5.74) is 0.817. The lowest BCUT2D eigenvalue weighted by atomic mass is 9.63. The number of hydrogen-bond acceptors (Lipinski definition) is 3. The molecule has 0 radical (unpaired) electrons. The number of anilines is 1. The average molecular weight is 329 g/mol. The van der Waals surface area contributed by atoms with Gasteiger partial charge in [-0.2, -0.15) is 0 Å². The molecule has 4 aliphatic carbocycles. The maximum Gasteiger partial charge on any atom is 0.235 e. The highest BCUT2D eigenvalue weighted by Gasteiger charge is 2.66. The fourth-order valence-corrected chi connectivity index (χ4v) is 5.13. The lowest BCUT2D eigenvalue weighted by molar-refractivity contribution is -0.139. The van der Waals surface area contributed by atoms with E-state index >= 15 is 0 Å². The summed E-state index contributed by atoms with van der Waals surface area (Å²) >= 11 is 5.97. The quantitative estimate of drug-likeness (QED) is 0.685. The van der Waals surface area contributed by atoms with Crippen molar-refractivity contribution >= 4 is 29.1 Å². The third-order valence-corrected chi connectivity index (χ3v) is 6.26. The number of amides is 2. The van der Waals surface area contributed by atoms with Gasteiger partial charge in [0.2, 0.25) is 11.8 Å². The Morgan fingerprint density at radius 2 is 1.74 bits per heavy atom. The van der Waals surface area contributed by atoms with Crippen molar-refractivity contribution in [3.8, 4) is 0 Å². The molecule has 4 nitrogen and oxygen atoms in total. The number of carbonyl (C=O) groups excluding carboxylic acids is 2. The maximum atomic E-state index is 12.8. The first-order valence-corrected chi connectivity index (χ1v) is 8.56. The van der Waals surface area contributed by atoms with Gasteiger partial charge in [0.15, 0.2) is 0 Å². The second-order valence-corrected chi connectivity index (χ2v) is 7.54. The van der Waals surface area contributed by atoms with E-state index in [1.54, 1.807) is 12.1 Å². The van der Waals surface area contributed by atoms with Crippen LogP contribution in [0.1, 0.15) is 6.42 Å². The van der Waals surface area contributed by atoms with Crippen molar-refractivity contribution in [1.82, 2.24) is 4.90 Å². The van der Waals surface area contributed by atoms with Crippen LogP contribution in [0.15, 0.2) is 36.4 Å². The summed E-state index contributed by atoms with van der Waals surface area (Å²) in [6, 6.07) is 7.31. The van der Waals surface area contributed by atoms with E-state index in [1.165, 1.54) is 11.3 Å². The monoisotopic (exact) mass is 328 g/mol. The van der Waals surface area contributed by atoms with Crippen molar-refractivity contribution < 1.29 is 9.59 Å². The van der Waals surface area contributed by atoms with E-state index in [2.05, 4.69) is 17.5 Å². The number of allylic oxidation sites excluding steroid dienone is 2. The minimum atomic E-state index is -0.123. The number of halogens is 1. The van der Waals surface area contributed by atoms with Crippen molar-refractivity contribution in [1.29, 1.82) is 0 Å². The minimum absolute atomic E-state index is 0.000715. The molecule has 1 aromatic rings. The Balaban J connectivity index is 1.37. The fraction of sp³-hybridized carbons (Fsp3) is 0.444. The highest BCUT2D eigenvalue weighted by molar-refractivity contribution is 6.30. The number of rotatable bonds is 3. The Hall–Kier alpha value is -1.81. The van der Waals surface area contributed by atoms with E-state index in [0.29, 0.717) is 16.9 Å². The van der Waals surface area contributed by atoms with Gasteiger partial charge in [0.05, 0.1) is 18.5 Å². The summed E-state index contributed by atoms with van der Waals surface area (Å²) < 4.78 is 0. The Morgan fingerprint density at radius 1 is 1.09 bits per heavy atom. The SMILES string of the molecule is O=C1[C@@H]2[C@H]3C=C[C@@H]([C@@H]4C[C@H]34)[C@H]2C(=O)N1CNc1cccc(Cl)c1. The van der Waals surface area contributed by atoms with Gasteiger partial charge < -0.3 is 5.32 Å². The lowest BCUT2D eigenvalue weighted by Gasteiger charge is -2.37. The van der Waals surface area contributed by atoms with Crippen LogP contribution in [0, 0.1) is 35.5 Å². The van der Waals surface area contributed by atoms with Crippen LogP contribution in [0.2, 0.25) is 5.02 Å². The van der Waals surface area contributed by atoms with Crippen LogP contribution >= 0.6 is 11.6 Å². The molecule has 2 amide bonds. The zero-order valence-corrected chi connectivity index (χ0v) is 13.2. The summed E-state index contributed by atoms with van der Waals surface area (Å²) in [5, 5.41) is 3.78. The molecule has 0 spiro atoms. The molecule has 5 heteroatoms. The highest BCUT2D eigenvalue weighted by atomic mass is 35.5. The molecule has 2 saturated carbocycles. The van der Waals surface area contributed by atoms with Crippen LogP contribution in [-0.2, 0) is 9.59 Å². The molecule has 1 heterocycles. The van der Waals surface area contributed by atoms with Gasteiger partial charge in [-0.1, -0.05) is 29.8 Å². The van der Waals surface area contributed by atoms with Gasteiger partial charge >= 0.3 is 0 Å². The number of nitrogens with zero attached hydrogens (tertiary/aromatic N) is 1. The van der Waals surface area contributed by atoms with Crippen molar-refractivity contribution in [3.05, 3.63) is 41.4 Å². The van der Waals surface area contributed by atoms with Gasteiger partial charge in [0.1, 0.15) is 0 Å². The lowest BCUT2D eigenvalue weighted by Crippen LogP contribution is -2.40. The molecule has 3 fully saturated rings. The number of imide groups is 1. The maximum absolute atomic E-state index is 12.8. The highest BCUT2D eigenvalue weighted by Crippen LogP contribution is 2.65. The van der Waals surface area contributed by atoms with E-state index in [0.717, 1.165) is 5.69 Å². The largest absolute Gasteiger partial charge is 0.367 e. The first kappa shape index (κ1) is 13.6. The first-order valence-electron chi connectivity index (χ1n) is 8.18. The van der Waals surface area contributed by atoms with Crippen molar-refractivity contribution in [3.63, 3.8) is 0 Å². The predicted octanol–water partition coefficient (Wildman–Crippen LogP) is 2.76. The van der Waals surface area contributed by atoms with Crippen molar-refractivity contribution in [2.24, 2.45) is 35.5 Å². The van der Waals surface area contributed by atoms with Crippen LogP contribution in [0.5, 0.6) is 0 Å². The van der Waals surface area contributed by atoms with E-state index in [4.69, 9.17) is 11.6 Å². The Morgan fingerprint density at radius 3 is 2.35 bits per heavy atom. The van der Waals surface area contributed by atoms with Crippen molar-refractivity contribution in [2.45, 2.75) is 6.42 Å². The van der Waals surface area contributed by atoms with Crippen LogP contribution in [0.25, 0.3) is 0 Å². The normalized spacial score (nSPS) is 39.4. The van der Waals surface area contributed by atoms with Gasteiger partial charge in [0, 0.05) is 10.7 Å². The van der Waals surface area contributed by atoms with Gasteiger partial charge in [-0.15, -0.1) is 0 Å². The summed E-state index contributed by atoms with van der Waals surface area (Å²) in [5.74, 6) is 1.60. The van der Waals surface area contributed by atoms with Crippen LogP contribution < -0.4 is 5.32 Å². The molecule has 23 heavy (non-hydrogen) atoms. The summed E-state index contributed by atoms with van der Waals surface area (Å²) in [4.78, 5) is 27.0. The predicted molar refractivity (Wildman–Crippen MR) is 86.5 cm³/mol. The molecule has 1 saturated heterocycles. The van der Waals surface area contributed by atoms with Crippen LogP contribution in [0.4, 0.5) is 5.69 Å². The Kier molecular flexibility index (Phi) is 2.72. The zero-order valence-electron chi connectivity index (χ0n) is 12.5. The molecule has 1 aliphatic heterocycles. The third-order valence-electron chi connectivity index (χ3n) is 6.02. The van der Waals surface area contributed by atoms with Crippen LogP contribution in [-0.4, -0.2) is 23.4 Å². The van der Waals surface area contributed by atoms with Gasteiger partial charge in [-0.3, -0.25) is 14.5 Å². The molecule has 6 rings (SSSR count). The summed E-state index contributed by atoms with van der Waals surface area (Å²) in [6.07, 6.45) is 5.58. The molecule has 1 aromatic carbocycles. The smallest absolute Gasteiger partial charge is 0.235 e. The molecule has 1 N–H and O–H groups in total. The topological polar surface area (TPSA) is 49.4 Å². The molecule has 0 unspecified atom stereocenters. The van der Waals surface area contributed by atoms with Crippen LogP contribution in [0.3, 0.4) is 0 Å². The second-order valence-electron chi connectivity index (χ2n) is 7.10. The third kappa shape index (κ3) is 1.84. The van der Waals surface area contributed by atoms with E-state index < -0.39 is 0 Å².